The molecule has 0 aliphatic heterocycles. The van der Waals surface area contributed by atoms with Gasteiger partial charge in [-0.25, -0.2) is 4.39 Å². The van der Waals surface area contributed by atoms with Gasteiger partial charge in [0.1, 0.15) is 11.6 Å². The van der Waals surface area contributed by atoms with Crippen LogP contribution in [0, 0.1) is 5.82 Å². The Bertz CT molecular complexity index is 389. The molecular weight excluding hydrogens is 235 g/mol. The molecule has 1 unspecified atom stereocenters. The first kappa shape index (κ1) is 14.9. The summed E-state index contributed by atoms with van der Waals surface area (Å²) in [7, 11) is 1.65. The number of hydrogen-bond donors (Lipinski definition) is 1. The highest BCUT2D eigenvalue weighted by Gasteiger charge is 2.17. The van der Waals surface area contributed by atoms with Crippen LogP contribution in [0.15, 0.2) is 18.2 Å². The van der Waals surface area contributed by atoms with E-state index in [1.807, 2.05) is 13.8 Å². The lowest BCUT2D eigenvalue weighted by molar-refractivity contribution is 0.00521. The van der Waals surface area contributed by atoms with Gasteiger partial charge in [0, 0.05) is 19.1 Å². The number of aliphatic hydroxyl groups is 1. The number of aliphatic hydroxyl groups excluding tert-OH is 1. The van der Waals surface area contributed by atoms with Crippen molar-refractivity contribution in [3.8, 4) is 5.75 Å². The summed E-state index contributed by atoms with van der Waals surface area (Å²) in [6, 6.07) is 4.15. The summed E-state index contributed by atoms with van der Waals surface area (Å²) in [5, 5.41) is 9.56. The molecule has 0 radical (unpaired) electrons. The zero-order chi connectivity index (χ0) is 13.8. The Hall–Kier alpha value is -1.13. The Balaban J connectivity index is 2.67. The van der Waals surface area contributed by atoms with Crippen LogP contribution in [0.2, 0.25) is 0 Å². The van der Waals surface area contributed by atoms with Gasteiger partial charge in [0.05, 0.1) is 18.3 Å². The monoisotopic (exact) mass is 256 g/mol. The molecule has 1 aromatic rings. The van der Waals surface area contributed by atoms with E-state index >= 15 is 0 Å². The minimum absolute atomic E-state index is 0.259. The Morgan fingerprint density at radius 3 is 2.61 bits per heavy atom. The molecular formula is C14H21FO3. The van der Waals surface area contributed by atoms with Crippen molar-refractivity contribution in [1.82, 2.24) is 0 Å². The zero-order valence-corrected chi connectivity index (χ0v) is 11.4. The van der Waals surface area contributed by atoms with E-state index in [-0.39, 0.29) is 11.4 Å². The number of benzene rings is 1. The molecule has 1 atom stereocenters. The van der Waals surface area contributed by atoms with Crippen LogP contribution in [0.3, 0.4) is 0 Å². The number of rotatable bonds is 6. The standard InChI is InChI=1S/C14H21FO3/c1-10(16)12-9-11(15)5-6-13(12)18-8-7-14(2,3)17-4/h5-6,9-10,16H,7-8H2,1-4H3. The SMILES string of the molecule is COC(C)(C)CCOc1ccc(F)cc1C(C)O. The third-order valence-electron chi connectivity index (χ3n) is 2.94. The average Bonchev–Trinajstić information content (AvgIpc) is 2.30. The second kappa shape index (κ2) is 6.16. The van der Waals surface area contributed by atoms with Gasteiger partial charge in [0.2, 0.25) is 0 Å². The van der Waals surface area contributed by atoms with E-state index in [1.165, 1.54) is 18.2 Å². The lowest BCUT2D eigenvalue weighted by atomic mass is 10.1. The van der Waals surface area contributed by atoms with Crippen molar-refractivity contribution in [2.24, 2.45) is 0 Å². The highest BCUT2D eigenvalue weighted by Crippen LogP contribution is 2.26. The second-order valence-electron chi connectivity index (χ2n) is 4.92. The van der Waals surface area contributed by atoms with E-state index in [9.17, 15) is 9.50 Å². The summed E-state index contributed by atoms with van der Waals surface area (Å²) in [6.07, 6.45) is -0.0497. The van der Waals surface area contributed by atoms with Crippen molar-refractivity contribution in [2.75, 3.05) is 13.7 Å². The van der Waals surface area contributed by atoms with E-state index < -0.39 is 6.10 Å². The van der Waals surface area contributed by atoms with Gasteiger partial charge in [0.25, 0.3) is 0 Å². The first-order valence-electron chi connectivity index (χ1n) is 6.01. The molecule has 0 aromatic heterocycles. The number of ether oxygens (including phenoxy) is 2. The van der Waals surface area contributed by atoms with Crippen molar-refractivity contribution in [3.63, 3.8) is 0 Å². The molecule has 18 heavy (non-hydrogen) atoms. The van der Waals surface area contributed by atoms with Gasteiger partial charge in [-0.2, -0.15) is 0 Å². The lowest BCUT2D eigenvalue weighted by Gasteiger charge is -2.23. The summed E-state index contributed by atoms with van der Waals surface area (Å²) in [5.41, 5.74) is 0.204. The van der Waals surface area contributed by atoms with E-state index in [0.29, 0.717) is 24.3 Å². The molecule has 0 bridgehead atoms. The fraction of sp³-hybridized carbons (Fsp3) is 0.571. The van der Waals surface area contributed by atoms with Crippen LogP contribution < -0.4 is 4.74 Å². The van der Waals surface area contributed by atoms with Crippen LogP contribution >= 0.6 is 0 Å². The minimum Gasteiger partial charge on any atom is -0.493 e. The molecule has 1 rings (SSSR count). The van der Waals surface area contributed by atoms with Gasteiger partial charge in [0.15, 0.2) is 0 Å². The van der Waals surface area contributed by atoms with Gasteiger partial charge in [-0.3, -0.25) is 0 Å². The smallest absolute Gasteiger partial charge is 0.125 e. The van der Waals surface area contributed by atoms with Gasteiger partial charge in [-0.15, -0.1) is 0 Å². The average molecular weight is 256 g/mol. The largest absolute Gasteiger partial charge is 0.493 e. The highest BCUT2D eigenvalue weighted by atomic mass is 19.1. The van der Waals surface area contributed by atoms with Crippen LogP contribution in [0.25, 0.3) is 0 Å². The predicted molar refractivity (Wildman–Crippen MR) is 68.2 cm³/mol. The molecule has 102 valence electrons. The molecule has 0 aliphatic rings. The number of methoxy groups -OCH3 is 1. The molecule has 0 spiro atoms. The van der Waals surface area contributed by atoms with E-state index in [2.05, 4.69) is 0 Å². The van der Waals surface area contributed by atoms with Crippen LogP contribution in [0.1, 0.15) is 38.9 Å². The zero-order valence-electron chi connectivity index (χ0n) is 11.4. The molecule has 0 saturated carbocycles. The van der Waals surface area contributed by atoms with Crippen molar-refractivity contribution in [3.05, 3.63) is 29.6 Å². The fourth-order valence-electron chi connectivity index (χ4n) is 1.49. The summed E-state index contributed by atoms with van der Waals surface area (Å²) >= 11 is 0. The fourth-order valence-corrected chi connectivity index (χ4v) is 1.49. The second-order valence-corrected chi connectivity index (χ2v) is 4.92. The van der Waals surface area contributed by atoms with Crippen molar-refractivity contribution < 1.29 is 19.0 Å². The number of hydrogen-bond acceptors (Lipinski definition) is 3. The molecule has 0 amide bonds. The van der Waals surface area contributed by atoms with Crippen LogP contribution in [0.4, 0.5) is 4.39 Å². The first-order chi connectivity index (χ1) is 8.35. The van der Waals surface area contributed by atoms with Crippen molar-refractivity contribution in [1.29, 1.82) is 0 Å². The first-order valence-corrected chi connectivity index (χ1v) is 6.01. The van der Waals surface area contributed by atoms with Crippen molar-refractivity contribution >= 4 is 0 Å². The molecule has 0 saturated heterocycles. The third-order valence-corrected chi connectivity index (χ3v) is 2.94. The van der Waals surface area contributed by atoms with E-state index in [4.69, 9.17) is 9.47 Å². The molecule has 3 nitrogen and oxygen atoms in total. The molecule has 4 heteroatoms. The van der Waals surface area contributed by atoms with Gasteiger partial charge in [-0.1, -0.05) is 0 Å². The van der Waals surface area contributed by atoms with Crippen LogP contribution in [-0.2, 0) is 4.74 Å². The third kappa shape index (κ3) is 4.27. The summed E-state index contributed by atoms with van der Waals surface area (Å²) in [6.45, 7) is 5.97. The van der Waals surface area contributed by atoms with E-state index in [0.717, 1.165) is 0 Å². The highest BCUT2D eigenvalue weighted by molar-refractivity contribution is 5.35. The summed E-state index contributed by atoms with van der Waals surface area (Å²) in [4.78, 5) is 0. The maximum absolute atomic E-state index is 13.1. The molecule has 0 fully saturated rings. The maximum atomic E-state index is 13.1. The summed E-state index contributed by atoms with van der Waals surface area (Å²) in [5.74, 6) is 0.133. The van der Waals surface area contributed by atoms with Gasteiger partial charge < -0.3 is 14.6 Å². The van der Waals surface area contributed by atoms with Gasteiger partial charge >= 0.3 is 0 Å². The maximum Gasteiger partial charge on any atom is 0.125 e. The quantitative estimate of drug-likeness (QED) is 0.850. The Labute approximate surface area is 108 Å². The molecule has 1 N–H and O–H groups in total. The normalized spacial score (nSPS) is 13.4. The Kier molecular flexibility index (Phi) is 5.11. The minimum atomic E-state index is -0.758. The Morgan fingerprint density at radius 1 is 1.39 bits per heavy atom. The van der Waals surface area contributed by atoms with Crippen LogP contribution in [0.5, 0.6) is 5.75 Å². The number of halogens is 1. The molecule has 1 aromatic carbocycles. The topological polar surface area (TPSA) is 38.7 Å². The lowest BCUT2D eigenvalue weighted by Crippen LogP contribution is -2.25. The Morgan fingerprint density at radius 2 is 2.06 bits per heavy atom. The van der Waals surface area contributed by atoms with E-state index in [1.54, 1.807) is 14.0 Å². The molecule has 0 aliphatic carbocycles. The van der Waals surface area contributed by atoms with Gasteiger partial charge in [-0.05, 0) is 39.0 Å². The molecule has 0 heterocycles. The predicted octanol–water partition coefficient (Wildman–Crippen LogP) is 3.07. The van der Waals surface area contributed by atoms with Crippen LogP contribution in [-0.4, -0.2) is 24.4 Å². The summed E-state index contributed by atoms with van der Waals surface area (Å²) < 4.78 is 24.0. The van der Waals surface area contributed by atoms with Crippen molar-refractivity contribution in [2.45, 2.75) is 38.9 Å².